The van der Waals surface area contributed by atoms with Gasteiger partial charge in [-0.25, -0.2) is 0 Å². The molecule has 0 N–H and O–H groups in total. The maximum Gasteiger partial charge on any atom is 0.250 e. The molecule has 1 aromatic rings. The molecule has 0 saturated carbocycles. The molecule has 0 aliphatic carbocycles. The molecular weight excluding hydrogens is 308 g/mol. The predicted octanol–water partition coefficient (Wildman–Crippen LogP) is 3.57. The number of piperidine rings is 4. The summed E-state index contributed by atoms with van der Waals surface area (Å²) in [5.41, 5.74) is 2.17. The second-order valence-electron chi connectivity index (χ2n) is 8.38. The third-order valence-electron chi connectivity index (χ3n) is 7.06. The first-order valence-corrected chi connectivity index (χ1v) is 10.1. The Balaban J connectivity index is 1.43. The van der Waals surface area contributed by atoms with E-state index in [0.29, 0.717) is 17.9 Å². The van der Waals surface area contributed by atoms with Crippen molar-refractivity contribution in [2.24, 2.45) is 11.8 Å². The standard InChI is InChI=1S/C22H28N2O/c25-22-17(14-16-6-2-1-3-7-16)10-11-20-19-9-5-13-23-12-4-8-18(21(19)23)15-24(20)22/h1-3,6-7,14,18-21H,4-5,8-13,15H2/b17-14+. The van der Waals surface area contributed by atoms with E-state index in [1.807, 2.05) is 18.2 Å². The molecule has 4 heterocycles. The Kier molecular flexibility index (Phi) is 3.93. The molecule has 3 nitrogen and oxygen atoms in total. The molecule has 4 unspecified atom stereocenters. The van der Waals surface area contributed by atoms with E-state index in [4.69, 9.17) is 0 Å². The van der Waals surface area contributed by atoms with Crippen molar-refractivity contribution in [3.8, 4) is 0 Å². The Morgan fingerprint density at radius 3 is 2.64 bits per heavy atom. The first kappa shape index (κ1) is 15.6. The molecule has 5 rings (SSSR count). The van der Waals surface area contributed by atoms with E-state index in [1.165, 1.54) is 38.8 Å². The van der Waals surface area contributed by atoms with Crippen LogP contribution in [0, 0.1) is 11.8 Å². The van der Waals surface area contributed by atoms with Gasteiger partial charge in [0.05, 0.1) is 0 Å². The summed E-state index contributed by atoms with van der Waals surface area (Å²) in [5, 5.41) is 0. The van der Waals surface area contributed by atoms with E-state index in [9.17, 15) is 4.79 Å². The van der Waals surface area contributed by atoms with Crippen LogP contribution in [0.4, 0.5) is 0 Å². The largest absolute Gasteiger partial charge is 0.335 e. The van der Waals surface area contributed by atoms with Gasteiger partial charge in [-0.15, -0.1) is 0 Å². The summed E-state index contributed by atoms with van der Waals surface area (Å²) in [6.45, 7) is 3.57. The van der Waals surface area contributed by atoms with Gasteiger partial charge < -0.3 is 4.90 Å². The predicted molar refractivity (Wildman–Crippen MR) is 100.0 cm³/mol. The number of carbonyl (C=O) groups excluding carboxylic acids is 1. The van der Waals surface area contributed by atoms with E-state index < -0.39 is 0 Å². The first-order valence-electron chi connectivity index (χ1n) is 10.1. The van der Waals surface area contributed by atoms with Gasteiger partial charge in [0.1, 0.15) is 0 Å². The van der Waals surface area contributed by atoms with E-state index in [-0.39, 0.29) is 0 Å². The van der Waals surface area contributed by atoms with Gasteiger partial charge in [-0.1, -0.05) is 30.3 Å². The number of amides is 1. The third-order valence-corrected chi connectivity index (χ3v) is 7.06. The van der Waals surface area contributed by atoms with Crippen molar-refractivity contribution < 1.29 is 4.79 Å². The Bertz CT molecular complexity index is 681. The first-order chi connectivity index (χ1) is 12.3. The summed E-state index contributed by atoms with van der Waals surface area (Å²) in [4.78, 5) is 18.3. The zero-order chi connectivity index (χ0) is 16.8. The summed E-state index contributed by atoms with van der Waals surface area (Å²) in [6.07, 6.45) is 9.50. The van der Waals surface area contributed by atoms with Crippen molar-refractivity contribution in [2.75, 3.05) is 19.6 Å². The molecule has 4 aliphatic heterocycles. The lowest BCUT2D eigenvalue weighted by atomic mass is 9.67. The van der Waals surface area contributed by atoms with Gasteiger partial charge in [-0.3, -0.25) is 9.69 Å². The number of fused-ring (bicyclic) bond motifs is 2. The van der Waals surface area contributed by atoms with Crippen LogP contribution in [0.2, 0.25) is 0 Å². The quantitative estimate of drug-likeness (QED) is 0.732. The van der Waals surface area contributed by atoms with Crippen molar-refractivity contribution in [1.29, 1.82) is 0 Å². The molecule has 4 fully saturated rings. The molecule has 4 atom stereocenters. The minimum absolute atomic E-state index is 0.321. The van der Waals surface area contributed by atoms with Gasteiger partial charge in [-0.2, -0.15) is 0 Å². The van der Waals surface area contributed by atoms with Crippen molar-refractivity contribution >= 4 is 12.0 Å². The van der Waals surface area contributed by atoms with Crippen LogP contribution in [0.5, 0.6) is 0 Å². The summed E-state index contributed by atoms with van der Waals surface area (Å²) < 4.78 is 0. The molecule has 25 heavy (non-hydrogen) atoms. The molecule has 4 saturated heterocycles. The molecule has 0 spiro atoms. The Labute approximate surface area is 150 Å². The molecule has 4 aliphatic rings. The SMILES string of the molecule is O=C1/C(=C/c2ccccc2)CCC2C3CCCN4CCCC(CN12)C34. The van der Waals surface area contributed by atoms with Crippen LogP contribution in [0.1, 0.15) is 44.1 Å². The average Bonchev–Trinajstić information content (AvgIpc) is 2.66. The molecule has 0 radical (unpaired) electrons. The number of hydrogen-bond donors (Lipinski definition) is 0. The summed E-state index contributed by atoms with van der Waals surface area (Å²) in [6, 6.07) is 11.6. The normalized spacial score (nSPS) is 36.9. The second-order valence-corrected chi connectivity index (χ2v) is 8.38. The lowest BCUT2D eigenvalue weighted by Crippen LogP contribution is -2.66. The lowest BCUT2D eigenvalue weighted by molar-refractivity contribution is -0.145. The number of nitrogens with zero attached hydrogens (tertiary/aromatic N) is 2. The van der Waals surface area contributed by atoms with E-state index in [2.05, 4.69) is 28.0 Å². The minimum Gasteiger partial charge on any atom is -0.335 e. The maximum atomic E-state index is 13.2. The maximum absolute atomic E-state index is 13.2. The highest BCUT2D eigenvalue weighted by molar-refractivity contribution is 5.98. The van der Waals surface area contributed by atoms with Gasteiger partial charge in [0.15, 0.2) is 0 Å². The minimum atomic E-state index is 0.321. The fourth-order valence-corrected chi connectivity index (χ4v) is 6.08. The van der Waals surface area contributed by atoms with Crippen LogP contribution in [0.15, 0.2) is 35.9 Å². The fraction of sp³-hybridized carbons (Fsp3) is 0.591. The summed E-state index contributed by atoms with van der Waals surface area (Å²) >= 11 is 0. The highest BCUT2D eigenvalue weighted by Crippen LogP contribution is 2.45. The Morgan fingerprint density at radius 2 is 1.80 bits per heavy atom. The number of carbonyl (C=O) groups is 1. The van der Waals surface area contributed by atoms with Crippen LogP contribution in [0.25, 0.3) is 6.08 Å². The number of rotatable bonds is 1. The summed E-state index contributed by atoms with van der Waals surface area (Å²) in [5.74, 6) is 1.74. The zero-order valence-corrected chi connectivity index (χ0v) is 14.9. The monoisotopic (exact) mass is 336 g/mol. The smallest absolute Gasteiger partial charge is 0.250 e. The lowest BCUT2D eigenvalue weighted by Gasteiger charge is -2.58. The van der Waals surface area contributed by atoms with Gasteiger partial charge >= 0.3 is 0 Å². The van der Waals surface area contributed by atoms with Crippen LogP contribution in [-0.2, 0) is 4.79 Å². The molecule has 0 aromatic heterocycles. The van der Waals surface area contributed by atoms with Crippen molar-refractivity contribution in [2.45, 2.75) is 50.6 Å². The van der Waals surface area contributed by atoms with Crippen molar-refractivity contribution in [3.05, 3.63) is 41.5 Å². The number of hydrogen-bond acceptors (Lipinski definition) is 2. The molecule has 0 bridgehead atoms. The van der Waals surface area contributed by atoms with Crippen LogP contribution in [0.3, 0.4) is 0 Å². The van der Waals surface area contributed by atoms with E-state index in [0.717, 1.165) is 42.5 Å². The van der Waals surface area contributed by atoms with Crippen LogP contribution >= 0.6 is 0 Å². The fourth-order valence-electron chi connectivity index (χ4n) is 6.08. The molecule has 3 heteroatoms. The highest BCUT2D eigenvalue weighted by atomic mass is 16.2. The van der Waals surface area contributed by atoms with E-state index in [1.54, 1.807) is 0 Å². The second kappa shape index (κ2) is 6.28. The molecule has 132 valence electrons. The zero-order valence-electron chi connectivity index (χ0n) is 14.9. The summed E-state index contributed by atoms with van der Waals surface area (Å²) in [7, 11) is 0. The van der Waals surface area contributed by atoms with Gasteiger partial charge in [0, 0.05) is 24.2 Å². The third kappa shape index (κ3) is 2.64. The molecular formula is C22H28N2O. The van der Waals surface area contributed by atoms with Crippen molar-refractivity contribution in [1.82, 2.24) is 9.80 Å². The number of benzene rings is 1. The molecule has 1 aromatic carbocycles. The van der Waals surface area contributed by atoms with E-state index >= 15 is 0 Å². The highest BCUT2D eigenvalue weighted by Gasteiger charge is 2.51. The van der Waals surface area contributed by atoms with Crippen LogP contribution in [-0.4, -0.2) is 47.4 Å². The topological polar surface area (TPSA) is 23.6 Å². The Hall–Kier alpha value is -1.61. The van der Waals surface area contributed by atoms with Crippen molar-refractivity contribution in [3.63, 3.8) is 0 Å². The molecule has 1 amide bonds. The van der Waals surface area contributed by atoms with Gasteiger partial charge in [0.2, 0.25) is 5.91 Å². The Morgan fingerprint density at radius 1 is 1.00 bits per heavy atom. The van der Waals surface area contributed by atoms with Gasteiger partial charge in [-0.05, 0) is 75.1 Å². The van der Waals surface area contributed by atoms with Crippen LogP contribution < -0.4 is 0 Å². The van der Waals surface area contributed by atoms with Gasteiger partial charge in [0.25, 0.3) is 0 Å². The average molecular weight is 336 g/mol.